The van der Waals surface area contributed by atoms with Gasteiger partial charge in [-0.15, -0.1) is 11.3 Å². The van der Waals surface area contributed by atoms with Gasteiger partial charge < -0.3 is 10.6 Å². The summed E-state index contributed by atoms with van der Waals surface area (Å²) in [5.41, 5.74) is 7.13. The van der Waals surface area contributed by atoms with E-state index in [1.807, 2.05) is 16.7 Å². The molecule has 2 N–H and O–H groups in total. The van der Waals surface area contributed by atoms with Crippen molar-refractivity contribution >= 4 is 45.0 Å². The molecule has 1 saturated heterocycles. The van der Waals surface area contributed by atoms with Gasteiger partial charge in [0, 0.05) is 36.5 Å². The number of carbonyl (C=O) groups excluding carboxylic acids is 1. The maximum absolute atomic E-state index is 12.5. The van der Waals surface area contributed by atoms with Crippen molar-refractivity contribution in [2.75, 3.05) is 24.6 Å². The number of carbonyl (C=O) groups is 1. The van der Waals surface area contributed by atoms with Gasteiger partial charge in [-0.25, -0.2) is 9.97 Å². The fraction of sp³-hybridized carbons (Fsp3) is 0.417. The van der Waals surface area contributed by atoms with Gasteiger partial charge in [-0.2, -0.15) is 11.8 Å². The second-order valence-corrected chi connectivity index (χ2v) is 7.03. The van der Waals surface area contributed by atoms with Crippen molar-refractivity contribution in [3.05, 3.63) is 17.3 Å². The highest BCUT2D eigenvalue weighted by atomic mass is 32.2. The fourth-order valence-corrected chi connectivity index (χ4v) is 4.15. The van der Waals surface area contributed by atoms with Crippen molar-refractivity contribution in [2.45, 2.75) is 12.2 Å². The Kier molecular flexibility index (Phi) is 3.32. The van der Waals surface area contributed by atoms with Gasteiger partial charge in [0.1, 0.15) is 15.2 Å². The third-order valence-corrected chi connectivity index (χ3v) is 5.31. The van der Waals surface area contributed by atoms with Crippen LogP contribution < -0.4 is 5.73 Å². The van der Waals surface area contributed by atoms with Crippen molar-refractivity contribution in [1.29, 1.82) is 0 Å². The van der Waals surface area contributed by atoms with Crippen LogP contribution in [0.4, 0.5) is 5.69 Å². The molecule has 19 heavy (non-hydrogen) atoms. The molecule has 2 aromatic heterocycles. The monoisotopic (exact) mass is 294 g/mol. The average molecular weight is 294 g/mol. The number of hydrogen-bond acceptors (Lipinski definition) is 6. The van der Waals surface area contributed by atoms with E-state index in [0.29, 0.717) is 21.3 Å². The summed E-state index contributed by atoms with van der Waals surface area (Å²) in [6.45, 7) is 3.70. The van der Waals surface area contributed by atoms with Gasteiger partial charge >= 0.3 is 0 Å². The zero-order valence-corrected chi connectivity index (χ0v) is 12.1. The molecule has 2 aromatic rings. The largest absolute Gasteiger partial charge is 0.396 e. The fourth-order valence-electron chi connectivity index (χ4n) is 2.15. The Morgan fingerprint density at radius 2 is 2.26 bits per heavy atom. The molecule has 1 unspecified atom stereocenters. The number of anilines is 1. The summed E-state index contributed by atoms with van der Waals surface area (Å²) in [6, 6.07) is 0. The number of aromatic nitrogens is 2. The van der Waals surface area contributed by atoms with Gasteiger partial charge in [0.25, 0.3) is 5.91 Å². The van der Waals surface area contributed by atoms with Crippen LogP contribution in [0.25, 0.3) is 10.3 Å². The van der Waals surface area contributed by atoms with E-state index in [1.54, 1.807) is 12.4 Å². The molecule has 0 radical (unpaired) electrons. The first-order valence-electron chi connectivity index (χ1n) is 6.06. The molecule has 5 nitrogen and oxygen atoms in total. The van der Waals surface area contributed by atoms with Crippen LogP contribution in [0.2, 0.25) is 0 Å². The number of amides is 1. The Morgan fingerprint density at radius 1 is 1.47 bits per heavy atom. The molecule has 0 bridgehead atoms. The summed E-state index contributed by atoms with van der Waals surface area (Å²) in [5, 5.41) is 0.476. The molecule has 100 valence electrons. The van der Waals surface area contributed by atoms with Gasteiger partial charge in [-0.1, -0.05) is 6.92 Å². The normalized spacial score (nSPS) is 19.8. The highest BCUT2D eigenvalue weighted by Crippen LogP contribution is 2.32. The molecule has 1 atom stereocenters. The SMILES string of the molecule is CC1CN(C(=O)c2sc3nccnc3c2N)CCS1. The molecule has 3 rings (SSSR count). The highest BCUT2D eigenvalue weighted by Gasteiger charge is 2.26. The minimum atomic E-state index is 0.00875. The smallest absolute Gasteiger partial charge is 0.266 e. The lowest BCUT2D eigenvalue weighted by atomic mass is 10.3. The number of fused-ring (bicyclic) bond motifs is 1. The quantitative estimate of drug-likeness (QED) is 0.869. The predicted octanol–water partition coefficient (Wildman–Crippen LogP) is 1.85. The van der Waals surface area contributed by atoms with Gasteiger partial charge in [0.15, 0.2) is 0 Å². The molecule has 1 fully saturated rings. The average Bonchev–Trinajstić information content (AvgIpc) is 2.76. The molecule has 1 aliphatic rings. The van der Waals surface area contributed by atoms with Crippen LogP contribution in [0.1, 0.15) is 16.6 Å². The summed E-state index contributed by atoms with van der Waals surface area (Å²) < 4.78 is 0. The van der Waals surface area contributed by atoms with Crippen LogP contribution >= 0.6 is 23.1 Å². The first kappa shape index (κ1) is 12.7. The third kappa shape index (κ3) is 2.28. The van der Waals surface area contributed by atoms with Crippen molar-refractivity contribution in [1.82, 2.24) is 14.9 Å². The molecule has 0 spiro atoms. The number of rotatable bonds is 1. The lowest BCUT2D eigenvalue weighted by Gasteiger charge is -2.30. The molecule has 1 amide bonds. The zero-order valence-electron chi connectivity index (χ0n) is 10.5. The van der Waals surface area contributed by atoms with Crippen molar-refractivity contribution in [3.63, 3.8) is 0 Å². The Bertz CT molecular complexity index is 627. The minimum absolute atomic E-state index is 0.00875. The minimum Gasteiger partial charge on any atom is -0.396 e. The first-order valence-corrected chi connectivity index (χ1v) is 7.93. The molecule has 0 aromatic carbocycles. The van der Waals surface area contributed by atoms with E-state index in [2.05, 4.69) is 16.9 Å². The van der Waals surface area contributed by atoms with Crippen molar-refractivity contribution in [2.24, 2.45) is 0 Å². The number of thioether (sulfide) groups is 1. The van der Waals surface area contributed by atoms with Gasteiger partial charge in [0.2, 0.25) is 0 Å². The number of nitrogen functional groups attached to an aromatic ring is 1. The highest BCUT2D eigenvalue weighted by molar-refractivity contribution is 7.99. The van der Waals surface area contributed by atoms with E-state index in [1.165, 1.54) is 11.3 Å². The van der Waals surface area contributed by atoms with E-state index < -0.39 is 0 Å². The van der Waals surface area contributed by atoms with E-state index in [0.717, 1.165) is 23.7 Å². The summed E-state index contributed by atoms with van der Waals surface area (Å²) in [4.78, 5) is 24.1. The van der Waals surface area contributed by atoms with E-state index >= 15 is 0 Å². The topological polar surface area (TPSA) is 72.1 Å². The summed E-state index contributed by atoms with van der Waals surface area (Å²) >= 11 is 3.23. The number of hydrogen-bond donors (Lipinski definition) is 1. The van der Waals surface area contributed by atoms with Gasteiger partial charge in [0.05, 0.1) is 5.69 Å². The molecule has 7 heteroatoms. The third-order valence-electron chi connectivity index (χ3n) is 3.09. The van der Waals surface area contributed by atoms with E-state index in [9.17, 15) is 4.79 Å². The number of thiophene rings is 1. The molecule has 0 aliphatic carbocycles. The van der Waals surface area contributed by atoms with E-state index in [-0.39, 0.29) is 5.91 Å². The Hall–Kier alpha value is -1.34. The van der Waals surface area contributed by atoms with Crippen LogP contribution in [0.5, 0.6) is 0 Å². The van der Waals surface area contributed by atoms with Crippen LogP contribution in [0.15, 0.2) is 12.4 Å². The van der Waals surface area contributed by atoms with Gasteiger partial charge in [-0.05, 0) is 0 Å². The van der Waals surface area contributed by atoms with Crippen LogP contribution in [-0.4, -0.2) is 44.9 Å². The zero-order chi connectivity index (χ0) is 13.4. The summed E-state index contributed by atoms with van der Waals surface area (Å²) in [5.74, 6) is 0.989. The standard InChI is InChI=1S/C12H14N4OS2/c1-7-6-16(4-5-18-7)12(17)10-8(13)9-11(19-10)15-3-2-14-9/h2-3,7H,4-6,13H2,1H3. The molecule has 3 heterocycles. The van der Waals surface area contributed by atoms with Gasteiger partial charge in [-0.3, -0.25) is 4.79 Å². The number of nitrogens with zero attached hydrogens (tertiary/aromatic N) is 3. The number of nitrogens with two attached hydrogens (primary N) is 1. The first-order chi connectivity index (χ1) is 9.16. The van der Waals surface area contributed by atoms with Crippen molar-refractivity contribution < 1.29 is 4.79 Å². The van der Waals surface area contributed by atoms with Crippen LogP contribution in [0.3, 0.4) is 0 Å². The Balaban J connectivity index is 1.95. The lowest BCUT2D eigenvalue weighted by Crippen LogP contribution is -2.40. The second-order valence-electron chi connectivity index (χ2n) is 4.49. The summed E-state index contributed by atoms with van der Waals surface area (Å²) in [7, 11) is 0. The maximum atomic E-state index is 12.5. The summed E-state index contributed by atoms with van der Waals surface area (Å²) in [6.07, 6.45) is 3.21. The predicted molar refractivity (Wildman–Crippen MR) is 79.7 cm³/mol. The van der Waals surface area contributed by atoms with Crippen molar-refractivity contribution in [3.8, 4) is 0 Å². The molecule has 0 saturated carbocycles. The molecular formula is C12H14N4OS2. The molecule has 1 aliphatic heterocycles. The lowest BCUT2D eigenvalue weighted by molar-refractivity contribution is 0.0769. The van der Waals surface area contributed by atoms with Crippen LogP contribution in [0, 0.1) is 0 Å². The Morgan fingerprint density at radius 3 is 3.00 bits per heavy atom. The second kappa shape index (κ2) is 4.97. The van der Waals surface area contributed by atoms with Crippen LogP contribution in [-0.2, 0) is 0 Å². The Labute approximate surface area is 119 Å². The van der Waals surface area contributed by atoms with E-state index in [4.69, 9.17) is 5.73 Å². The maximum Gasteiger partial charge on any atom is 0.266 e. The molecular weight excluding hydrogens is 280 g/mol.